The van der Waals surface area contributed by atoms with E-state index in [4.69, 9.17) is 4.74 Å². The van der Waals surface area contributed by atoms with Crippen LogP contribution in [0.1, 0.15) is 24.0 Å². The van der Waals surface area contributed by atoms with E-state index in [1.165, 1.54) is 0 Å². The molecule has 1 atom stereocenters. The van der Waals surface area contributed by atoms with Crippen molar-refractivity contribution in [1.82, 2.24) is 15.5 Å². The van der Waals surface area contributed by atoms with Gasteiger partial charge in [0, 0.05) is 39.8 Å². The lowest BCUT2D eigenvalue weighted by molar-refractivity contribution is -0.138. The third-order valence-electron chi connectivity index (χ3n) is 4.63. The van der Waals surface area contributed by atoms with Crippen LogP contribution in [0, 0.1) is 5.82 Å². The van der Waals surface area contributed by atoms with Crippen LogP contribution in [0.4, 0.5) is 17.6 Å². The van der Waals surface area contributed by atoms with E-state index in [1.807, 2.05) is 0 Å². The quantitative estimate of drug-likeness (QED) is 0.252. The Morgan fingerprint density at radius 2 is 2.07 bits per heavy atom. The molecule has 1 aromatic carbocycles. The van der Waals surface area contributed by atoms with Gasteiger partial charge in [-0.2, -0.15) is 13.2 Å². The molecule has 1 aliphatic heterocycles. The Bertz CT molecular complexity index is 643. The lowest BCUT2D eigenvalue weighted by Crippen LogP contribution is -2.45. The number of methoxy groups -OCH3 is 1. The summed E-state index contributed by atoms with van der Waals surface area (Å²) in [6.45, 7) is 3.05. The van der Waals surface area contributed by atoms with Crippen LogP contribution < -0.4 is 10.6 Å². The summed E-state index contributed by atoms with van der Waals surface area (Å²) in [6.07, 6.45) is -2.46. The second-order valence-corrected chi connectivity index (χ2v) is 6.43. The largest absolute Gasteiger partial charge is 0.416 e. The topological polar surface area (TPSA) is 48.9 Å². The minimum absolute atomic E-state index is 0. The first-order valence-electron chi connectivity index (χ1n) is 8.88. The molecule has 1 aliphatic rings. The minimum atomic E-state index is -4.61. The second-order valence-electron chi connectivity index (χ2n) is 6.43. The van der Waals surface area contributed by atoms with Crippen LogP contribution in [0.5, 0.6) is 0 Å². The van der Waals surface area contributed by atoms with E-state index >= 15 is 0 Å². The number of nitrogens with one attached hydrogen (secondary N) is 2. The van der Waals surface area contributed by atoms with Gasteiger partial charge in [-0.3, -0.25) is 9.89 Å². The molecule has 0 aliphatic carbocycles. The van der Waals surface area contributed by atoms with Crippen molar-refractivity contribution in [2.45, 2.75) is 31.6 Å². The highest BCUT2D eigenvalue weighted by Gasteiger charge is 2.33. The zero-order valence-corrected chi connectivity index (χ0v) is 18.3. The molecule has 0 spiro atoms. The highest BCUT2D eigenvalue weighted by molar-refractivity contribution is 14.0. The standard InChI is InChI=1S/C18H26F4N4O.HI/c1-23-17(25-12-15-4-3-7-26(15)8-9-27-2)24-11-13-5-6-14(19)10-16(13)18(20,21)22;/h5-6,10,15H,3-4,7-9,11-12H2,1-2H3,(H2,23,24,25);1H. The fraction of sp³-hybridized carbons (Fsp3) is 0.611. The van der Waals surface area contributed by atoms with Gasteiger partial charge in [0.2, 0.25) is 0 Å². The maximum absolute atomic E-state index is 13.2. The Balaban J connectivity index is 0.00000392. The lowest BCUT2D eigenvalue weighted by atomic mass is 10.1. The number of rotatable bonds is 7. The Hall–Kier alpha value is -1.14. The summed E-state index contributed by atoms with van der Waals surface area (Å²) < 4.78 is 57.5. The normalized spacial score (nSPS) is 18.1. The van der Waals surface area contributed by atoms with Gasteiger partial charge >= 0.3 is 6.18 Å². The third-order valence-corrected chi connectivity index (χ3v) is 4.63. The highest BCUT2D eigenvalue weighted by Crippen LogP contribution is 2.32. The van der Waals surface area contributed by atoms with Crippen LogP contribution in [-0.4, -0.2) is 57.3 Å². The summed E-state index contributed by atoms with van der Waals surface area (Å²) >= 11 is 0. The van der Waals surface area contributed by atoms with Gasteiger partial charge < -0.3 is 15.4 Å². The van der Waals surface area contributed by atoms with Gasteiger partial charge in [-0.25, -0.2) is 4.39 Å². The number of hydrogen-bond acceptors (Lipinski definition) is 3. The lowest BCUT2D eigenvalue weighted by Gasteiger charge is -2.25. The van der Waals surface area contributed by atoms with E-state index in [-0.39, 0.29) is 36.1 Å². The molecular weight excluding hydrogens is 491 g/mol. The van der Waals surface area contributed by atoms with Crippen LogP contribution >= 0.6 is 24.0 Å². The highest BCUT2D eigenvalue weighted by atomic mass is 127. The molecule has 0 radical (unpaired) electrons. The maximum atomic E-state index is 13.2. The van der Waals surface area contributed by atoms with Crippen molar-refractivity contribution in [1.29, 1.82) is 0 Å². The summed E-state index contributed by atoms with van der Waals surface area (Å²) in [7, 11) is 3.22. The smallest absolute Gasteiger partial charge is 0.383 e. The first-order chi connectivity index (χ1) is 12.8. The molecule has 1 fully saturated rings. The number of hydrogen-bond donors (Lipinski definition) is 2. The third kappa shape index (κ3) is 7.36. The fourth-order valence-corrected chi connectivity index (χ4v) is 3.21. The summed E-state index contributed by atoms with van der Waals surface area (Å²) in [5, 5.41) is 6.03. The number of ether oxygens (including phenoxy) is 1. The van der Waals surface area contributed by atoms with Gasteiger partial charge in [0.05, 0.1) is 12.2 Å². The van der Waals surface area contributed by atoms with Gasteiger partial charge in [-0.1, -0.05) is 6.07 Å². The molecule has 0 bridgehead atoms. The van der Waals surface area contributed by atoms with Crippen molar-refractivity contribution in [3.63, 3.8) is 0 Å². The number of benzene rings is 1. The molecule has 28 heavy (non-hydrogen) atoms. The van der Waals surface area contributed by atoms with Crippen molar-refractivity contribution in [3.05, 3.63) is 35.1 Å². The predicted octanol–water partition coefficient (Wildman–Crippen LogP) is 3.24. The average molecular weight is 518 g/mol. The van der Waals surface area contributed by atoms with E-state index in [9.17, 15) is 17.6 Å². The number of guanidine groups is 1. The number of aliphatic imine (C=N–C) groups is 1. The molecule has 10 heteroatoms. The predicted molar refractivity (Wildman–Crippen MR) is 111 cm³/mol. The van der Waals surface area contributed by atoms with Gasteiger partial charge in [0.1, 0.15) is 5.82 Å². The molecule has 1 heterocycles. The fourth-order valence-electron chi connectivity index (χ4n) is 3.21. The van der Waals surface area contributed by atoms with Crippen LogP contribution in [0.15, 0.2) is 23.2 Å². The SMILES string of the molecule is CN=C(NCc1ccc(F)cc1C(F)(F)F)NCC1CCCN1CCOC.I. The molecule has 1 aromatic rings. The first-order valence-corrected chi connectivity index (χ1v) is 8.88. The van der Waals surface area contributed by atoms with Crippen molar-refractivity contribution in [2.75, 3.05) is 40.4 Å². The Labute approximate surface area is 179 Å². The van der Waals surface area contributed by atoms with Crippen LogP contribution in [-0.2, 0) is 17.5 Å². The number of likely N-dealkylation sites (tertiary alicyclic amines) is 1. The van der Waals surface area contributed by atoms with E-state index in [1.54, 1.807) is 14.2 Å². The zero-order chi connectivity index (χ0) is 19.9. The van der Waals surface area contributed by atoms with Crippen LogP contribution in [0.2, 0.25) is 0 Å². The van der Waals surface area contributed by atoms with Gasteiger partial charge in [-0.05, 0) is 37.1 Å². The summed E-state index contributed by atoms with van der Waals surface area (Å²) in [4.78, 5) is 6.38. The number of nitrogens with zero attached hydrogens (tertiary/aromatic N) is 2. The summed E-state index contributed by atoms with van der Waals surface area (Å²) in [5.41, 5.74) is -1.01. The van der Waals surface area contributed by atoms with Crippen molar-refractivity contribution >= 4 is 29.9 Å². The molecule has 1 unspecified atom stereocenters. The maximum Gasteiger partial charge on any atom is 0.416 e. The van der Waals surface area contributed by atoms with Gasteiger partial charge in [0.25, 0.3) is 0 Å². The first kappa shape index (κ1) is 24.9. The second kappa shape index (κ2) is 11.8. The number of halogens is 5. The molecular formula is C18H27F4IN4O. The molecule has 0 aromatic heterocycles. The summed E-state index contributed by atoms with van der Waals surface area (Å²) in [6, 6.07) is 3.01. The Kier molecular flexibility index (Phi) is 10.5. The Morgan fingerprint density at radius 3 is 2.71 bits per heavy atom. The molecule has 2 rings (SSSR count). The van der Waals surface area contributed by atoms with E-state index in [2.05, 4.69) is 20.5 Å². The molecule has 2 N–H and O–H groups in total. The molecule has 1 saturated heterocycles. The van der Waals surface area contributed by atoms with Crippen LogP contribution in [0.3, 0.4) is 0 Å². The van der Waals surface area contributed by atoms with Gasteiger partial charge in [0.15, 0.2) is 5.96 Å². The average Bonchev–Trinajstić information content (AvgIpc) is 3.07. The van der Waals surface area contributed by atoms with E-state index in [0.717, 1.165) is 38.1 Å². The van der Waals surface area contributed by atoms with Crippen molar-refractivity contribution in [2.24, 2.45) is 4.99 Å². The molecule has 5 nitrogen and oxygen atoms in total. The Morgan fingerprint density at radius 1 is 1.32 bits per heavy atom. The molecule has 160 valence electrons. The monoisotopic (exact) mass is 518 g/mol. The summed E-state index contributed by atoms with van der Waals surface area (Å²) in [5.74, 6) is -0.503. The molecule has 0 amide bonds. The van der Waals surface area contributed by atoms with Gasteiger partial charge in [-0.15, -0.1) is 24.0 Å². The van der Waals surface area contributed by atoms with Crippen molar-refractivity contribution in [3.8, 4) is 0 Å². The van der Waals surface area contributed by atoms with E-state index in [0.29, 0.717) is 31.2 Å². The minimum Gasteiger partial charge on any atom is -0.383 e. The van der Waals surface area contributed by atoms with E-state index < -0.39 is 17.6 Å². The van der Waals surface area contributed by atoms with Crippen LogP contribution in [0.25, 0.3) is 0 Å². The number of alkyl halides is 3. The molecule has 0 saturated carbocycles. The zero-order valence-electron chi connectivity index (χ0n) is 16.0. The van der Waals surface area contributed by atoms with Crippen molar-refractivity contribution < 1.29 is 22.3 Å².